The van der Waals surface area contributed by atoms with Crippen molar-refractivity contribution in [1.29, 1.82) is 0 Å². The zero-order valence-corrected chi connectivity index (χ0v) is 13.7. The third-order valence-corrected chi connectivity index (χ3v) is 4.08. The summed E-state index contributed by atoms with van der Waals surface area (Å²) < 4.78 is 26.6. The van der Waals surface area contributed by atoms with Crippen molar-refractivity contribution in [3.8, 4) is 0 Å². The van der Waals surface area contributed by atoms with Gasteiger partial charge in [-0.15, -0.1) is 0 Å². The van der Waals surface area contributed by atoms with Crippen LogP contribution in [0.5, 0.6) is 0 Å². The fourth-order valence-electron chi connectivity index (χ4n) is 1.62. The molecule has 0 bridgehead atoms. The molecule has 2 N–H and O–H groups in total. The average molecular weight is 298 g/mol. The van der Waals surface area contributed by atoms with Gasteiger partial charge in [-0.05, 0) is 23.1 Å². The summed E-state index contributed by atoms with van der Waals surface area (Å²) in [4.78, 5) is 0. The Bertz CT molecular complexity index is 502. The first-order valence-electron chi connectivity index (χ1n) is 6.98. The van der Waals surface area contributed by atoms with E-state index >= 15 is 0 Å². The van der Waals surface area contributed by atoms with E-state index in [0.29, 0.717) is 6.54 Å². The van der Waals surface area contributed by atoms with Gasteiger partial charge in [0.2, 0.25) is 10.0 Å². The van der Waals surface area contributed by atoms with Gasteiger partial charge in [-0.25, -0.2) is 13.1 Å². The predicted molar refractivity (Wildman–Crippen MR) is 83.9 cm³/mol. The third kappa shape index (κ3) is 7.03. The molecule has 0 saturated carbocycles. The molecule has 5 heteroatoms. The minimum absolute atomic E-state index is 0.0323. The Morgan fingerprint density at radius 3 is 2.10 bits per heavy atom. The number of benzene rings is 1. The molecule has 0 saturated heterocycles. The summed E-state index contributed by atoms with van der Waals surface area (Å²) in [7, 11) is -3.26. The van der Waals surface area contributed by atoms with Crippen LogP contribution < -0.4 is 10.0 Å². The SMILES string of the molecule is CCNCc1ccc(CS(=O)(=O)NCC(C)(C)C)cc1. The number of rotatable bonds is 7. The fraction of sp³-hybridized carbons (Fsp3) is 0.600. The second-order valence-electron chi connectivity index (χ2n) is 6.24. The molecule has 4 nitrogen and oxygen atoms in total. The Labute approximate surface area is 123 Å². The van der Waals surface area contributed by atoms with Crippen LogP contribution in [0.4, 0.5) is 0 Å². The van der Waals surface area contributed by atoms with Gasteiger partial charge in [0.1, 0.15) is 0 Å². The molecule has 1 aromatic carbocycles. The molecule has 0 fully saturated rings. The molecule has 0 spiro atoms. The molecular weight excluding hydrogens is 272 g/mol. The second kappa shape index (κ2) is 7.20. The van der Waals surface area contributed by atoms with Crippen LogP contribution >= 0.6 is 0 Å². The maximum absolute atomic E-state index is 12.0. The summed E-state index contributed by atoms with van der Waals surface area (Å²) in [6.45, 7) is 10.3. The molecule has 0 heterocycles. The maximum atomic E-state index is 12.0. The van der Waals surface area contributed by atoms with Crippen LogP contribution in [0.2, 0.25) is 0 Å². The first kappa shape index (κ1) is 17.1. The van der Waals surface area contributed by atoms with Gasteiger partial charge in [0.25, 0.3) is 0 Å². The average Bonchev–Trinajstić information content (AvgIpc) is 2.35. The summed E-state index contributed by atoms with van der Waals surface area (Å²) in [6, 6.07) is 7.69. The molecule has 0 aliphatic carbocycles. The van der Waals surface area contributed by atoms with Crippen molar-refractivity contribution in [2.24, 2.45) is 5.41 Å². The summed E-state index contributed by atoms with van der Waals surface area (Å²) in [5.41, 5.74) is 1.92. The van der Waals surface area contributed by atoms with E-state index in [1.807, 2.05) is 45.0 Å². The molecule has 0 amide bonds. The molecule has 0 radical (unpaired) electrons. The lowest BCUT2D eigenvalue weighted by Gasteiger charge is -2.18. The Balaban J connectivity index is 2.59. The lowest BCUT2D eigenvalue weighted by atomic mass is 9.98. The molecule has 114 valence electrons. The standard InChI is InChI=1S/C15H26N2O2S/c1-5-16-10-13-6-8-14(9-7-13)11-20(18,19)17-12-15(2,3)4/h6-9,16-17H,5,10-12H2,1-4H3. The third-order valence-electron chi connectivity index (χ3n) is 2.78. The van der Waals surface area contributed by atoms with Crippen molar-refractivity contribution < 1.29 is 8.42 Å². The van der Waals surface area contributed by atoms with Crippen molar-refractivity contribution in [2.45, 2.75) is 40.0 Å². The van der Waals surface area contributed by atoms with Gasteiger partial charge < -0.3 is 5.32 Å². The zero-order valence-electron chi connectivity index (χ0n) is 12.9. The van der Waals surface area contributed by atoms with Gasteiger partial charge in [0.05, 0.1) is 5.75 Å². The highest BCUT2D eigenvalue weighted by Crippen LogP contribution is 2.13. The molecular formula is C15H26N2O2S. The first-order chi connectivity index (χ1) is 9.22. The van der Waals surface area contributed by atoms with Gasteiger partial charge in [0, 0.05) is 13.1 Å². The lowest BCUT2D eigenvalue weighted by Crippen LogP contribution is -2.33. The molecule has 20 heavy (non-hydrogen) atoms. The van der Waals surface area contributed by atoms with Gasteiger partial charge in [-0.3, -0.25) is 0 Å². The number of hydrogen-bond donors (Lipinski definition) is 2. The van der Waals surface area contributed by atoms with Crippen LogP contribution in [-0.4, -0.2) is 21.5 Å². The highest BCUT2D eigenvalue weighted by Gasteiger charge is 2.16. The topological polar surface area (TPSA) is 58.2 Å². The molecule has 0 unspecified atom stereocenters. The van der Waals surface area contributed by atoms with Crippen molar-refractivity contribution >= 4 is 10.0 Å². The van der Waals surface area contributed by atoms with Crippen LogP contribution in [0.15, 0.2) is 24.3 Å². The molecule has 0 aromatic heterocycles. The normalized spacial score (nSPS) is 12.6. The Morgan fingerprint density at radius 1 is 1.05 bits per heavy atom. The summed E-state index contributed by atoms with van der Waals surface area (Å²) in [5.74, 6) is 0.0323. The quantitative estimate of drug-likeness (QED) is 0.812. The number of sulfonamides is 1. The van der Waals surface area contributed by atoms with Crippen LogP contribution in [0, 0.1) is 5.41 Å². The zero-order chi connectivity index (χ0) is 15.2. The van der Waals surface area contributed by atoms with Gasteiger partial charge in [-0.2, -0.15) is 0 Å². The van der Waals surface area contributed by atoms with E-state index in [1.54, 1.807) is 0 Å². The van der Waals surface area contributed by atoms with Gasteiger partial charge in [0.15, 0.2) is 0 Å². The summed E-state index contributed by atoms with van der Waals surface area (Å²) in [6.07, 6.45) is 0. The highest BCUT2D eigenvalue weighted by atomic mass is 32.2. The highest BCUT2D eigenvalue weighted by molar-refractivity contribution is 7.88. The van der Waals surface area contributed by atoms with E-state index in [4.69, 9.17) is 0 Å². The molecule has 0 aliphatic heterocycles. The maximum Gasteiger partial charge on any atom is 0.215 e. The smallest absolute Gasteiger partial charge is 0.215 e. The Morgan fingerprint density at radius 2 is 1.60 bits per heavy atom. The largest absolute Gasteiger partial charge is 0.313 e. The van der Waals surface area contributed by atoms with E-state index < -0.39 is 10.0 Å². The van der Waals surface area contributed by atoms with Crippen molar-refractivity contribution in [3.05, 3.63) is 35.4 Å². The van der Waals surface area contributed by atoms with Crippen LogP contribution in [0.3, 0.4) is 0 Å². The van der Waals surface area contributed by atoms with Crippen molar-refractivity contribution in [3.63, 3.8) is 0 Å². The first-order valence-corrected chi connectivity index (χ1v) is 8.63. The monoisotopic (exact) mass is 298 g/mol. The number of nitrogens with one attached hydrogen (secondary N) is 2. The van der Waals surface area contributed by atoms with Crippen molar-refractivity contribution in [1.82, 2.24) is 10.0 Å². The summed E-state index contributed by atoms with van der Waals surface area (Å²) in [5, 5.41) is 3.24. The molecule has 0 aliphatic rings. The van der Waals surface area contributed by atoms with E-state index in [0.717, 1.165) is 24.2 Å². The van der Waals surface area contributed by atoms with E-state index in [2.05, 4.69) is 17.0 Å². The van der Waals surface area contributed by atoms with Gasteiger partial charge >= 0.3 is 0 Å². The Kier molecular flexibility index (Phi) is 6.17. The summed E-state index contributed by atoms with van der Waals surface area (Å²) >= 11 is 0. The molecule has 0 atom stereocenters. The van der Waals surface area contributed by atoms with Gasteiger partial charge in [-0.1, -0.05) is 52.0 Å². The second-order valence-corrected chi connectivity index (χ2v) is 8.04. The Hall–Kier alpha value is -0.910. The molecule has 1 rings (SSSR count). The van der Waals surface area contributed by atoms with E-state index in [1.165, 1.54) is 0 Å². The van der Waals surface area contributed by atoms with E-state index in [-0.39, 0.29) is 11.2 Å². The predicted octanol–water partition coefficient (Wildman–Crippen LogP) is 2.26. The minimum atomic E-state index is -3.26. The fourth-order valence-corrected chi connectivity index (χ4v) is 3.01. The number of hydrogen-bond acceptors (Lipinski definition) is 3. The van der Waals surface area contributed by atoms with Crippen LogP contribution in [0.1, 0.15) is 38.8 Å². The molecule has 1 aromatic rings. The van der Waals surface area contributed by atoms with Crippen LogP contribution in [-0.2, 0) is 22.3 Å². The lowest BCUT2D eigenvalue weighted by molar-refractivity contribution is 0.407. The van der Waals surface area contributed by atoms with Crippen LogP contribution in [0.25, 0.3) is 0 Å². The van der Waals surface area contributed by atoms with Crippen molar-refractivity contribution in [2.75, 3.05) is 13.1 Å². The minimum Gasteiger partial charge on any atom is -0.313 e. The van der Waals surface area contributed by atoms with E-state index in [9.17, 15) is 8.42 Å².